The van der Waals surface area contributed by atoms with E-state index in [-0.39, 0.29) is 12.1 Å². The number of rotatable bonds is 6. The summed E-state index contributed by atoms with van der Waals surface area (Å²) in [6.07, 6.45) is 1.71. The number of carbonyl (C=O) groups excluding carboxylic acids is 1. The Morgan fingerprint density at radius 2 is 2.33 bits per heavy atom. The van der Waals surface area contributed by atoms with E-state index in [4.69, 9.17) is 15.6 Å². The lowest BCUT2D eigenvalue weighted by Gasteiger charge is -2.20. The summed E-state index contributed by atoms with van der Waals surface area (Å²) < 4.78 is 4.86. The number of nitrogens with two attached hydrogens (primary N) is 1. The SMILES string of the molecule is COCCCC(NC(=O)N1CCC(N)C1)C(=O)O. The monoisotopic (exact) mass is 259 g/mol. The van der Waals surface area contributed by atoms with Gasteiger partial charge in [0, 0.05) is 32.8 Å². The second kappa shape index (κ2) is 7.17. The maximum atomic E-state index is 11.8. The Morgan fingerprint density at radius 3 is 2.83 bits per heavy atom. The van der Waals surface area contributed by atoms with Crippen LogP contribution in [0.3, 0.4) is 0 Å². The average Bonchev–Trinajstić information content (AvgIpc) is 2.74. The second-order valence-electron chi connectivity index (χ2n) is 4.47. The van der Waals surface area contributed by atoms with Crippen LogP contribution >= 0.6 is 0 Å². The summed E-state index contributed by atoms with van der Waals surface area (Å²) in [6, 6.07) is -1.23. The molecule has 1 rings (SSSR count). The number of hydrogen-bond donors (Lipinski definition) is 3. The molecular formula is C11H21N3O4. The zero-order chi connectivity index (χ0) is 13.5. The predicted octanol–water partition coefficient (Wildman–Crippen LogP) is -0.391. The number of ether oxygens (including phenoxy) is 1. The summed E-state index contributed by atoms with van der Waals surface area (Å²) >= 11 is 0. The molecule has 1 aliphatic heterocycles. The molecule has 1 saturated heterocycles. The quantitative estimate of drug-likeness (QED) is 0.563. The highest BCUT2D eigenvalue weighted by atomic mass is 16.5. The molecule has 0 aromatic carbocycles. The molecule has 2 amide bonds. The van der Waals surface area contributed by atoms with Crippen LogP contribution in [0.1, 0.15) is 19.3 Å². The third-order valence-electron chi connectivity index (χ3n) is 2.95. The summed E-state index contributed by atoms with van der Waals surface area (Å²) in [4.78, 5) is 24.4. The molecule has 0 aromatic heterocycles. The third-order valence-corrected chi connectivity index (χ3v) is 2.95. The van der Waals surface area contributed by atoms with Gasteiger partial charge in [0.2, 0.25) is 0 Å². The molecule has 2 unspecified atom stereocenters. The van der Waals surface area contributed by atoms with Gasteiger partial charge in [0.15, 0.2) is 0 Å². The van der Waals surface area contributed by atoms with Crippen molar-refractivity contribution in [1.29, 1.82) is 0 Å². The maximum absolute atomic E-state index is 11.8. The van der Waals surface area contributed by atoms with Gasteiger partial charge in [-0.1, -0.05) is 0 Å². The van der Waals surface area contributed by atoms with Gasteiger partial charge in [-0.25, -0.2) is 9.59 Å². The fourth-order valence-electron chi connectivity index (χ4n) is 1.90. The van der Waals surface area contributed by atoms with Gasteiger partial charge in [0.05, 0.1) is 0 Å². The van der Waals surface area contributed by atoms with Gasteiger partial charge < -0.3 is 25.8 Å². The molecule has 2 atom stereocenters. The van der Waals surface area contributed by atoms with Gasteiger partial charge in [-0.3, -0.25) is 0 Å². The van der Waals surface area contributed by atoms with Gasteiger partial charge in [-0.15, -0.1) is 0 Å². The van der Waals surface area contributed by atoms with E-state index in [1.54, 1.807) is 12.0 Å². The number of methoxy groups -OCH3 is 1. The van der Waals surface area contributed by atoms with Crippen LogP contribution in [0, 0.1) is 0 Å². The van der Waals surface area contributed by atoms with E-state index < -0.39 is 12.0 Å². The Morgan fingerprint density at radius 1 is 1.61 bits per heavy atom. The minimum atomic E-state index is -1.03. The Labute approximate surface area is 106 Å². The molecule has 0 spiro atoms. The molecule has 4 N–H and O–H groups in total. The van der Waals surface area contributed by atoms with Crippen LogP contribution in [-0.4, -0.2) is 60.9 Å². The molecular weight excluding hydrogens is 238 g/mol. The van der Waals surface area contributed by atoms with Crippen LogP contribution in [0.15, 0.2) is 0 Å². The van der Waals surface area contributed by atoms with Crippen molar-refractivity contribution in [3.05, 3.63) is 0 Å². The molecule has 18 heavy (non-hydrogen) atoms. The Kier molecular flexibility index (Phi) is 5.87. The Balaban J connectivity index is 2.40. The van der Waals surface area contributed by atoms with E-state index in [9.17, 15) is 9.59 Å². The van der Waals surface area contributed by atoms with Crippen LogP contribution in [0.25, 0.3) is 0 Å². The fourth-order valence-corrected chi connectivity index (χ4v) is 1.90. The summed E-state index contributed by atoms with van der Waals surface area (Å²) in [7, 11) is 1.56. The van der Waals surface area contributed by atoms with Crippen LogP contribution < -0.4 is 11.1 Å². The largest absolute Gasteiger partial charge is 0.480 e. The first-order chi connectivity index (χ1) is 8.54. The molecule has 0 radical (unpaired) electrons. The minimum absolute atomic E-state index is 0.00693. The van der Waals surface area contributed by atoms with Crippen molar-refractivity contribution in [2.45, 2.75) is 31.3 Å². The van der Waals surface area contributed by atoms with Crippen molar-refractivity contribution in [3.63, 3.8) is 0 Å². The summed E-state index contributed by atoms with van der Waals surface area (Å²) in [5, 5.41) is 11.5. The van der Waals surface area contributed by atoms with E-state index in [0.717, 1.165) is 6.42 Å². The maximum Gasteiger partial charge on any atom is 0.326 e. The van der Waals surface area contributed by atoms with Crippen LogP contribution in [-0.2, 0) is 9.53 Å². The summed E-state index contributed by atoms with van der Waals surface area (Å²) in [5.41, 5.74) is 5.70. The molecule has 7 heteroatoms. The lowest BCUT2D eigenvalue weighted by molar-refractivity contribution is -0.139. The van der Waals surface area contributed by atoms with Crippen LogP contribution in [0.4, 0.5) is 4.79 Å². The van der Waals surface area contributed by atoms with Crippen molar-refractivity contribution in [3.8, 4) is 0 Å². The number of carboxylic acid groups (broad SMARTS) is 1. The first-order valence-electron chi connectivity index (χ1n) is 6.07. The number of nitrogens with zero attached hydrogens (tertiary/aromatic N) is 1. The molecule has 1 aliphatic rings. The normalized spacial score (nSPS) is 20.8. The highest BCUT2D eigenvalue weighted by molar-refractivity contribution is 5.82. The lowest BCUT2D eigenvalue weighted by Crippen LogP contribution is -2.47. The second-order valence-corrected chi connectivity index (χ2v) is 4.47. The standard InChI is InChI=1S/C11H21N3O4/c1-18-6-2-3-9(10(15)16)13-11(17)14-5-4-8(12)7-14/h8-9H,2-7,12H2,1H3,(H,13,17)(H,15,16). The molecule has 0 bridgehead atoms. The van der Waals surface area contributed by atoms with Crippen molar-refractivity contribution >= 4 is 12.0 Å². The van der Waals surface area contributed by atoms with Crippen LogP contribution in [0.2, 0.25) is 0 Å². The third kappa shape index (κ3) is 4.50. The molecule has 1 heterocycles. The molecule has 0 aromatic rings. The van der Waals surface area contributed by atoms with E-state index in [2.05, 4.69) is 5.32 Å². The first kappa shape index (κ1) is 14.7. The number of carbonyl (C=O) groups is 2. The molecule has 0 aliphatic carbocycles. The topological polar surface area (TPSA) is 105 Å². The minimum Gasteiger partial charge on any atom is -0.480 e. The van der Waals surface area contributed by atoms with E-state index >= 15 is 0 Å². The molecule has 0 saturated carbocycles. The van der Waals surface area contributed by atoms with Crippen molar-refractivity contribution in [1.82, 2.24) is 10.2 Å². The number of hydrogen-bond acceptors (Lipinski definition) is 4. The van der Waals surface area contributed by atoms with Gasteiger partial charge in [-0.2, -0.15) is 0 Å². The Bertz CT molecular complexity index is 298. The van der Waals surface area contributed by atoms with Crippen molar-refractivity contribution in [2.24, 2.45) is 5.73 Å². The van der Waals surface area contributed by atoms with E-state index in [0.29, 0.717) is 32.5 Å². The number of aliphatic carboxylic acids is 1. The van der Waals surface area contributed by atoms with Crippen LogP contribution in [0.5, 0.6) is 0 Å². The van der Waals surface area contributed by atoms with Gasteiger partial charge in [-0.05, 0) is 19.3 Å². The molecule has 104 valence electrons. The molecule has 1 fully saturated rings. The highest BCUT2D eigenvalue weighted by Crippen LogP contribution is 2.08. The number of urea groups is 1. The lowest BCUT2D eigenvalue weighted by atomic mass is 10.1. The summed E-state index contributed by atoms with van der Waals surface area (Å²) in [6.45, 7) is 1.54. The first-order valence-corrected chi connectivity index (χ1v) is 6.07. The number of amides is 2. The highest BCUT2D eigenvalue weighted by Gasteiger charge is 2.27. The Hall–Kier alpha value is -1.34. The van der Waals surface area contributed by atoms with Crippen molar-refractivity contribution in [2.75, 3.05) is 26.8 Å². The molecule has 7 nitrogen and oxygen atoms in total. The number of nitrogens with one attached hydrogen (secondary N) is 1. The van der Waals surface area contributed by atoms with Crippen molar-refractivity contribution < 1.29 is 19.4 Å². The van der Waals surface area contributed by atoms with E-state index in [1.165, 1.54) is 0 Å². The zero-order valence-corrected chi connectivity index (χ0v) is 10.6. The van der Waals surface area contributed by atoms with E-state index in [1.807, 2.05) is 0 Å². The smallest absolute Gasteiger partial charge is 0.326 e. The average molecular weight is 259 g/mol. The predicted molar refractivity (Wildman–Crippen MR) is 65.2 cm³/mol. The summed E-state index contributed by atoms with van der Waals surface area (Å²) in [5.74, 6) is -1.03. The van der Waals surface area contributed by atoms with Gasteiger partial charge in [0.1, 0.15) is 6.04 Å². The zero-order valence-electron chi connectivity index (χ0n) is 10.6. The number of carboxylic acids is 1. The number of likely N-dealkylation sites (tertiary alicyclic amines) is 1. The van der Waals surface area contributed by atoms with Gasteiger partial charge >= 0.3 is 12.0 Å². The van der Waals surface area contributed by atoms with Gasteiger partial charge in [0.25, 0.3) is 0 Å². The fraction of sp³-hybridized carbons (Fsp3) is 0.818.